The third-order valence-corrected chi connectivity index (χ3v) is 2.05. The molecule has 0 aliphatic carbocycles. The summed E-state index contributed by atoms with van der Waals surface area (Å²) < 4.78 is 0. The zero-order chi connectivity index (χ0) is 8.10. The molecule has 0 bridgehead atoms. The van der Waals surface area contributed by atoms with Gasteiger partial charge in [0.05, 0.1) is 0 Å². The summed E-state index contributed by atoms with van der Waals surface area (Å²) in [6.45, 7) is 0.172. The summed E-state index contributed by atoms with van der Waals surface area (Å²) in [5.41, 5.74) is 0. The molecule has 3 nitrogen and oxygen atoms in total. The van der Waals surface area contributed by atoms with Gasteiger partial charge in [-0.3, -0.25) is 4.79 Å². The molecule has 3 heteroatoms. The van der Waals surface area contributed by atoms with E-state index in [9.17, 15) is 4.79 Å². The van der Waals surface area contributed by atoms with Gasteiger partial charge in [-0.2, -0.15) is 0 Å². The average molecular weight is 157 g/mol. The molecule has 1 atom stereocenters. The fourth-order valence-electron chi connectivity index (χ4n) is 1.42. The van der Waals surface area contributed by atoms with E-state index in [1.165, 1.54) is 0 Å². The summed E-state index contributed by atoms with van der Waals surface area (Å²) in [6, 6.07) is 0.218. The molecule has 0 radical (unpaired) electrons. The second kappa shape index (κ2) is 4.34. The third kappa shape index (κ3) is 2.89. The highest BCUT2D eigenvalue weighted by Gasteiger charge is 2.14. The van der Waals surface area contributed by atoms with Crippen LogP contribution < -0.4 is 5.32 Å². The van der Waals surface area contributed by atoms with E-state index in [0.29, 0.717) is 12.8 Å². The summed E-state index contributed by atoms with van der Waals surface area (Å²) in [6.07, 6.45) is 4.47. The molecule has 0 aromatic heterocycles. The largest absolute Gasteiger partial charge is 0.396 e. The van der Waals surface area contributed by atoms with E-state index >= 15 is 0 Å². The highest BCUT2D eigenvalue weighted by atomic mass is 16.3. The lowest BCUT2D eigenvalue weighted by molar-refractivity contribution is -0.121. The first-order chi connectivity index (χ1) is 5.33. The molecule has 1 fully saturated rings. The topological polar surface area (TPSA) is 49.3 Å². The molecule has 0 aromatic rings. The maximum atomic E-state index is 11.0. The molecule has 1 heterocycles. The molecular formula is C8H15NO2. The smallest absolute Gasteiger partial charge is 0.220 e. The number of hydrogen-bond acceptors (Lipinski definition) is 2. The van der Waals surface area contributed by atoms with Crippen LogP contribution in [0.2, 0.25) is 0 Å². The van der Waals surface area contributed by atoms with Gasteiger partial charge in [-0.15, -0.1) is 0 Å². The molecule has 0 saturated carbocycles. The van der Waals surface area contributed by atoms with Crippen LogP contribution in [0, 0.1) is 0 Å². The molecule has 0 aromatic carbocycles. The van der Waals surface area contributed by atoms with Crippen molar-refractivity contribution in [3.05, 3.63) is 0 Å². The minimum atomic E-state index is 0.140. The Bertz CT molecular complexity index is 136. The Hall–Kier alpha value is -0.570. The van der Waals surface area contributed by atoms with Crippen molar-refractivity contribution in [1.29, 1.82) is 0 Å². The number of nitrogens with one attached hydrogen (secondary N) is 1. The van der Waals surface area contributed by atoms with E-state index in [-0.39, 0.29) is 18.6 Å². The normalized spacial score (nSPS) is 25.9. The van der Waals surface area contributed by atoms with E-state index in [4.69, 9.17) is 5.11 Å². The van der Waals surface area contributed by atoms with Gasteiger partial charge < -0.3 is 10.4 Å². The molecule has 64 valence electrons. The molecule has 1 unspecified atom stereocenters. The first-order valence-electron chi connectivity index (χ1n) is 4.23. The van der Waals surface area contributed by atoms with Gasteiger partial charge >= 0.3 is 0 Å². The highest BCUT2D eigenvalue weighted by molar-refractivity contribution is 5.76. The van der Waals surface area contributed by atoms with Gasteiger partial charge in [0.2, 0.25) is 5.91 Å². The van der Waals surface area contributed by atoms with E-state index in [1.54, 1.807) is 0 Å². The first-order valence-corrected chi connectivity index (χ1v) is 4.23. The van der Waals surface area contributed by atoms with Gasteiger partial charge in [-0.05, 0) is 19.3 Å². The van der Waals surface area contributed by atoms with Crippen LogP contribution in [0.1, 0.15) is 32.1 Å². The first kappa shape index (κ1) is 8.53. The Kier molecular flexibility index (Phi) is 3.36. The Morgan fingerprint density at radius 2 is 2.36 bits per heavy atom. The zero-order valence-corrected chi connectivity index (χ0v) is 6.68. The summed E-state index contributed by atoms with van der Waals surface area (Å²) in [5, 5.41) is 11.5. The lowest BCUT2D eigenvalue weighted by Gasteiger charge is -2.13. The summed E-state index contributed by atoms with van der Waals surface area (Å²) in [5.74, 6) is 0.140. The van der Waals surface area contributed by atoms with E-state index in [0.717, 1.165) is 19.3 Å². The van der Waals surface area contributed by atoms with Gasteiger partial charge in [0.25, 0.3) is 0 Å². The van der Waals surface area contributed by atoms with Crippen LogP contribution in [0.3, 0.4) is 0 Å². The Morgan fingerprint density at radius 3 is 3.09 bits per heavy atom. The molecular weight excluding hydrogens is 142 g/mol. The van der Waals surface area contributed by atoms with E-state index < -0.39 is 0 Å². The van der Waals surface area contributed by atoms with Gasteiger partial charge in [-0.25, -0.2) is 0 Å². The number of aliphatic hydroxyl groups excluding tert-OH is 1. The molecule has 0 spiro atoms. The lowest BCUT2D eigenvalue weighted by atomic mass is 10.1. The SMILES string of the molecule is O=C1CCCCC(CCO)N1. The maximum absolute atomic E-state index is 11.0. The van der Waals surface area contributed by atoms with Crippen molar-refractivity contribution in [2.24, 2.45) is 0 Å². The van der Waals surface area contributed by atoms with Crippen LogP contribution in [-0.2, 0) is 4.79 Å². The van der Waals surface area contributed by atoms with Crippen molar-refractivity contribution in [2.45, 2.75) is 38.1 Å². The van der Waals surface area contributed by atoms with E-state index in [2.05, 4.69) is 5.32 Å². The van der Waals surface area contributed by atoms with E-state index in [1.807, 2.05) is 0 Å². The molecule has 1 aliphatic heterocycles. The lowest BCUT2D eigenvalue weighted by Crippen LogP contribution is -2.33. The minimum Gasteiger partial charge on any atom is -0.396 e. The highest BCUT2D eigenvalue weighted by Crippen LogP contribution is 2.10. The fourth-order valence-corrected chi connectivity index (χ4v) is 1.42. The number of amides is 1. The predicted molar refractivity (Wildman–Crippen MR) is 42.1 cm³/mol. The number of rotatable bonds is 2. The zero-order valence-electron chi connectivity index (χ0n) is 6.68. The second-order valence-electron chi connectivity index (χ2n) is 3.02. The summed E-state index contributed by atoms with van der Waals surface area (Å²) >= 11 is 0. The van der Waals surface area contributed by atoms with Gasteiger partial charge in [-0.1, -0.05) is 6.42 Å². The molecule has 1 aliphatic rings. The van der Waals surface area contributed by atoms with Crippen molar-refractivity contribution in [3.8, 4) is 0 Å². The van der Waals surface area contributed by atoms with Gasteiger partial charge in [0, 0.05) is 19.1 Å². The van der Waals surface area contributed by atoms with Crippen molar-refractivity contribution >= 4 is 5.91 Å². The van der Waals surface area contributed by atoms with Crippen LogP contribution in [0.4, 0.5) is 0 Å². The van der Waals surface area contributed by atoms with Crippen LogP contribution >= 0.6 is 0 Å². The monoisotopic (exact) mass is 157 g/mol. The second-order valence-corrected chi connectivity index (χ2v) is 3.02. The molecule has 2 N–H and O–H groups in total. The van der Waals surface area contributed by atoms with Crippen molar-refractivity contribution in [1.82, 2.24) is 5.32 Å². The molecule has 1 amide bonds. The van der Waals surface area contributed by atoms with Crippen LogP contribution in [0.25, 0.3) is 0 Å². The Balaban J connectivity index is 2.33. The van der Waals surface area contributed by atoms with Crippen molar-refractivity contribution < 1.29 is 9.90 Å². The third-order valence-electron chi connectivity index (χ3n) is 2.05. The summed E-state index contributed by atoms with van der Waals surface area (Å²) in [4.78, 5) is 11.0. The molecule has 1 saturated heterocycles. The van der Waals surface area contributed by atoms with Gasteiger partial charge in [0.1, 0.15) is 0 Å². The predicted octanol–water partition coefficient (Wildman–Crippen LogP) is 0.428. The Morgan fingerprint density at radius 1 is 1.55 bits per heavy atom. The quantitative estimate of drug-likeness (QED) is 0.610. The van der Waals surface area contributed by atoms with Gasteiger partial charge in [0.15, 0.2) is 0 Å². The van der Waals surface area contributed by atoms with Crippen LogP contribution in [0.15, 0.2) is 0 Å². The standard InChI is InChI=1S/C8H15NO2/c10-6-5-7-3-1-2-4-8(11)9-7/h7,10H,1-6H2,(H,9,11). The van der Waals surface area contributed by atoms with Crippen LogP contribution in [0.5, 0.6) is 0 Å². The number of carbonyl (C=O) groups is 1. The Labute approximate surface area is 66.8 Å². The van der Waals surface area contributed by atoms with Crippen LogP contribution in [-0.4, -0.2) is 23.7 Å². The average Bonchev–Trinajstić information content (AvgIpc) is 2.15. The fraction of sp³-hybridized carbons (Fsp3) is 0.875. The molecule has 1 rings (SSSR count). The number of carbonyl (C=O) groups excluding carboxylic acids is 1. The minimum absolute atomic E-state index is 0.140. The van der Waals surface area contributed by atoms with Crippen molar-refractivity contribution in [3.63, 3.8) is 0 Å². The van der Waals surface area contributed by atoms with Crippen molar-refractivity contribution in [2.75, 3.05) is 6.61 Å². The summed E-state index contributed by atoms with van der Waals surface area (Å²) in [7, 11) is 0. The number of aliphatic hydroxyl groups is 1. The maximum Gasteiger partial charge on any atom is 0.220 e. The molecule has 11 heavy (non-hydrogen) atoms. The number of hydrogen-bond donors (Lipinski definition) is 2.